The maximum atomic E-state index is 6.54. The van der Waals surface area contributed by atoms with E-state index in [2.05, 4.69) is 0 Å². The average Bonchev–Trinajstić information content (AvgIpc) is 3.19. The van der Waals surface area contributed by atoms with Crippen LogP contribution < -0.4 is 21.1 Å². The van der Waals surface area contributed by atoms with Crippen molar-refractivity contribution in [2.24, 2.45) is 11.6 Å². The maximum absolute atomic E-state index is 6.54. The highest BCUT2D eigenvalue weighted by molar-refractivity contribution is 6.30. The van der Waals surface area contributed by atoms with Crippen molar-refractivity contribution < 1.29 is 9.47 Å². The molecule has 0 bridgehead atoms. The second kappa shape index (κ2) is 9.21. The average molecular weight is 450 g/mol. The summed E-state index contributed by atoms with van der Waals surface area (Å²) in [6, 6.07) is 19.0. The molecule has 2 aromatic heterocycles. The maximum Gasteiger partial charge on any atom is 0.161 e. The number of fused-ring (bicyclic) bond motifs is 1. The van der Waals surface area contributed by atoms with Gasteiger partial charge in [-0.05, 0) is 42.0 Å². The van der Waals surface area contributed by atoms with E-state index in [0.717, 1.165) is 28.2 Å². The zero-order chi connectivity index (χ0) is 22.7. The number of imidazole rings is 1. The molecule has 0 amide bonds. The van der Waals surface area contributed by atoms with E-state index in [1.807, 2.05) is 71.3 Å². The molecule has 4 rings (SSSR count). The number of nitrogens with zero attached hydrogens (tertiary/aromatic N) is 3. The smallest absolute Gasteiger partial charge is 0.161 e. The molecular weight excluding hydrogens is 426 g/mol. The highest BCUT2D eigenvalue weighted by Gasteiger charge is 2.17. The first-order valence-corrected chi connectivity index (χ1v) is 10.3. The summed E-state index contributed by atoms with van der Waals surface area (Å²) in [6.07, 6.45) is 3.62. The Morgan fingerprint density at radius 1 is 1.06 bits per heavy atom. The van der Waals surface area contributed by atoms with Crippen LogP contribution >= 0.6 is 11.6 Å². The van der Waals surface area contributed by atoms with Crippen LogP contribution in [0.4, 0.5) is 0 Å². The van der Waals surface area contributed by atoms with Gasteiger partial charge in [-0.3, -0.25) is 4.40 Å². The molecule has 7 nitrogen and oxygen atoms in total. The van der Waals surface area contributed by atoms with Gasteiger partial charge in [-0.15, -0.1) is 0 Å². The summed E-state index contributed by atoms with van der Waals surface area (Å²) < 4.78 is 12.6. The number of nitrogens with two attached hydrogens (primary N) is 2. The summed E-state index contributed by atoms with van der Waals surface area (Å²) in [5.74, 6) is 7.59. The van der Waals surface area contributed by atoms with Crippen LogP contribution in [0.25, 0.3) is 22.6 Å². The molecular formula is C24H24ClN5O2. The fourth-order valence-electron chi connectivity index (χ4n) is 3.56. The first-order chi connectivity index (χ1) is 15.5. The van der Waals surface area contributed by atoms with Gasteiger partial charge in [0.1, 0.15) is 5.65 Å². The fraction of sp³-hybridized carbons (Fsp3) is 0.125. The van der Waals surface area contributed by atoms with Crippen molar-refractivity contribution >= 4 is 22.9 Å². The van der Waals surface area contributed by atoms with E-state index in [-0.39, 0.29) is 0 Å². The number of hydrogen-bond acceptors (Lipinski definition) is 6. The number of rotatable bonds is 7. The molecule has 0 unspecified atom stereocenters. The van der Waals surface area contributed by atoms with E-state index in [0.29, 0.717) is 28.8 Å². The molecule has 0 saturated carbocycles. The second-order valence-electron chi connectivity index (χ2n) is 7.19. The van der Waals surface area contributed by atoms with Crippen molar-refractivity contribution in [3.05, 3.63) is 89.3 Å². The largest absolute Gasteiger partial charge is 0.493 e. The first-order valence-electron chi connectivity index (χ1n) is 9.93. The van der Waals surface area contributed by atoms with Gasteiger partial charge in [0.15, 0.2) is 11.5 Å². The van der Waals surface area contributed by atoms with Crippen LogP contribution in [0.15, 0.2) is 73.1 Å². The van der Waals surface area contributed by atoms with Crippen molar-refractivity contribution in [3.63, 3.8) is 0 Å². The number of methoxy groups -OCH3 is 2. The van der Waals surface area contributed by atoms with Gasteiger partial charge in [-0.1, -0.05) is 35.9 Å². The summed E-state index contributed by atoms with van der Waals surface area (Å²) in [4.78, 5) is 4.78. The van der Waals surface area contributed by atoms with Crippen molar-refractivity contribution in [3.8, 4) is 22.8 Å². The number of benzene rings is 2. The molecule has 0 atom stereocenters. The van der Waals surface area contributed by atoms with E-state index in [1.165, 1.54) is 5.01 Å². The minimum Gasteiger partial charge on any atom is -0.493 e. The second-order valence-corrected chi connectivity index (χ2v) is 7.63. The third-order valence-electron chi connectivity index (χ3n) is 5.04. The van der Waals surface area contributed by atoms with Crippen molar-refractivity contribution in [2.45, 2.75) is 6.54 Å². The summed E-state index contributed by atoms with van der Waals surface area (Å²) in [6.45, 7) is 0.425. The lowest BCUT2D eigenvalue weighted by molar-refractivity contribution is 0.351. The van der Waals surface area contributed by atoms with Gasteiger partial charge in [-0.25, -0.2) is 10.8 Å². The topological polar surface area (TPSA) is 91.0 Å². The predicted octanol–water partition coefficient (Wildman–Crippen LogP) is 4.30. The molecule has 164 valence electrons. The number of aromatic nitrogens is 2. The zero-order valence-electron chi connectivity index (χ0n) is 17.8. The predicted molar refractivity (Wildman–Crippen MR) is 127 cm³/mol. The quantitative estimate of drug-likeness (QED) is 0.323. The molecule has 4 N–H and O–H groups in total. The van der Waals surface area contributed by atoms with Gasteiger partial charge in [0.25, 0.3) is 0 Å². The van der Waals surface area contributed by atoms with E-state index < -0.39 is 0 Å². The molecule has 8 heteroatoms. The van der Waals surface area contributed by atoms with Crippen LogP contribution in [0.5, 0.6) is 11.5 Å². The molecule has 0 fully saturated rings. The minimum absolute atomic E-state index is 0.425. The molecule has 0 radical (unpaired) electrons. The third-order valence-corrected chi connectivity index (χ3v) is 5.29. The molecule has 2 aromatic carbocycles. The standard InChI is InChI=1S/C24H24ClN5O2/c1-31-20-11-6-16(13-21(20)32-2)14-29(27)15-19(26)24-23(17-7-9-18(25)10-8-17)28-22-5-3-4-12-30(22)24/h3-13,15H,14,26-27H2,1-2H3/b19-15-. The lowest BCUT2D eigenvalue weighted by Crippen LogP contribution is -2.26. The van der Waals surface area contributed by atoms with Gasteiger partial charge in [-0.2, -0.15) is 0 Å². The minimum atomic E-state index is 0.425. The highest BCUT2D eigenvalue weighted by atomic mass is 35.5. The molecule has 0 aliphatic rings. The lowest BCUT2D eigenvalue weighted by atomic mass is 10.1. The van der Waals surface area contributed by atoms with Crippen LogP contribution in [-0.2, 0) is 6.54 Å². The summed E-state index contributed by atoms with van der Waals surface area (Å²) >= 11 is 6.06. The SMILES string of the molecule is COc1ccc(CN(N)/C=C(\N)c2c(-c3ccc(Cl)cc3)nc3ccccn23)cc1OC. The lowest BCUT2D eigenvalue weighted by Gasteiger charge is -2.17. The summed E-state index contributed by atoms with van der Waals surface area (Å²) in [5.41, 5.74) is 11.2. The molecule has 2 heterocycles. The van der Waals surface area contributed by atoms with Crippen LogP contribution in [0.2, 0.25) is 5.02 Å². The van der Waals surface area contributed by atoms with E-state index in [9.17, 15) is 0 Å². The molecule has 0 saturated heterocycles. The van der Waals surface area contributed by atoms with E-state index >= 15 is 0 Å². The van der Waals surface area contributed by atoms with Crippen molar-refractivity contribution in [2.75, 3.05) is 14.2 Å². The van der Waals surface area contributed by atoms with Gasteiger partial charge in [0.2, 0.25) is 0 Å². The van der Waals surface area contributed by atoms with Crippen LogP contribution in [0.1, 0.15) is 11.3 Å². The van der Waals surface area contributed by atoms with Gasteiger partial charge >= 0.3 is 0 Å². The third kappa shape index (κ3) is 4.34. The Labute approximate surface area is 191 Å². The number of pyridine rings is 1. The Morgan fingerprint density at radius 2 is 1.81 bits per heavy atom. The Kier molecular flexibility index (Phi) is 6.20. The van der Waals surface area contributed by atoms with Gasteiger partial charge in [0, 0.05) is 23.0 Å². The Hall–Kier alpha value is -3.68. The van der Waals surface area contributed by atoms with E-state index in [1.54, 1.807) is 20.4 Å². The summed E-state index contributed by atoms with van der Waals surface area (Å²) in [7, 11) is 3.20. The first kappa shape index (κ1) is 21.5. The van der Waals surface area contributed by atoms with Crippen LogP contribution in [0.3, 0.4) is 0 Å². The zero-order valence-corrected chi connectivity index (χ0v) is 18.6. The monoisotopic (exact) mass is 449 g/mol. The van der Waals surface area contributed by atoms with E-state index in [4.69, 9.17) is 37.6 Å². The van der Waals surface area contributed by atoms with Crippen LogP contribution in [-0.4, -0.2) is 28.6 Å². The van der Waals surface area contributed by atoms with Gasteiger partial charge < -0.3 is 20.2 Å². The number of halogens is 1. The Morgan fingerprint density at radius 3 is 2.53 bits per heavy atom. The Balaban J connectivity index is 1.69. The number of hydrogen-bond donors (Lipinski definition) is 2. The Bertz CT molecular complexity index is 1270. The number of ether oxygens (including phenoxy) is 2. The highest BCUT2D eigenvalue weighted by Crippen LogP contribution is 2.30. The molecule has 0 aliphatic carbocycles. The van der Waals surface area contributed by atoms with Gasteiger partial charge in [0.05, 0.1) is 37.8 Å². The fourth-order valence-corrected chi connectivity index (χ4v) is 3.68. The normalized spacial score (nSPS) is 11.6. The molecule has 32 heavy (non-hydrogen) atoms. The van der Waals surface area contributed by atoms with Crippen molar-refractivity contribution in [1.82, 2.24) is 14.4 Å². The summed E-state index contributed by atoms with van der Waals surface area (Å²) in [5, 5.41) is 2.19. The number of hydrazine groups is 1. The molecule has 0 aliphatic heterocycles. The molecule has 0 spiro atoms. The van der Waals surface area contributed by atoms with Crippen molar-refractivity contribution in [1.29, 1.82) is 0 Å². The van der Waals surface area contributed by atoms with Crippen LogP contribution in [0, 0.1) is 0 Å². The molecule has 4 aromatic rings.